The Balaban J connectivity index is 3.05. The Bertz CT molecular complexity index is 329. The summed E-state index contributed by atoms with van der Waals surface area (Å²) in [5.41, 5.74) is 2.22. The summed E-state index contributed by atoms with van der Waals surface area (Å²) in [6.07, 6.45) is 1.61. The van der Waals surface area contributed by atoms with Crippen LogP contribution in [-0.4, -0.2) is 13.8 Å². The maximum Gasteiger partial charge on any atom is 0.144 e. The standard InChI is InChI=1S/C11H13NO/c1-9-5-4-6-10(7-9)11(13-3)8-12-2/h4-8H,2H2,1,3H3/b11-8-. The Morgan fingerprint density at radius 3 is 2.85 bits per heavy atom. The second-order valence-electron chi connectivity index (χ2n) is 2.75. The molecular weight excluding hydrogens is 162 g/mol. The normalized spacial score (nSPS) is 11.1. The lowest BCUT2D eigenvalue weighted by Crippen LogP contribution is -1.87. The van der Waals surface area contributed by atoms with Crippen molar-refractivity contribution < 1.29 is 4.74 Å². The molecule has 0 saturated carbocycles. The Hall–Kier alpha value is -1.57. The molecule has 0 saturated heterocycles. The summed E-state index contributed by atoms with van der Waals surface area (Å²) >= 11 is 0. The van der Waals surface area contributed by atoms with Gasteiger partial charge in [-0.05, 0) is 19.7 Å². The first-order chi connectivity index (χ1) is 6.27. The Morgan fingerprint density at radius 2 is 2.31 bits per heavy atom. The van der Waals surface area contributed by atoms with Crippen LogP contribution in [0.1, 0.15) is 11.1 Å². The molecule has 13 heavy (non-hydrogen) atoms. The van der Waals surface area contributed by atoms with Crippen LogP contribution in [0.25, 0.3) is 5.76 Å². The van der Waals surface area contributed by atoms with E-state index in [1.165, 1.54) is 5.56 Å². The topological polar surface area (TPSA) is 21.6 Å². The average molecular weight is 175 g/mol. The van der Waals surface area contributed by atoms with Crippen LogP contribution in [0.2, 0.25) is 0 Å². The van der Waals surface area contributed by atoms with Gasteiger partial charge in [0.15, 0.2) is 0 Å². The Morgan fingerprint density at radius 1 is 1.54 bits per heavy atom. The molecule has 0 radical (unpaired) electrons. The third-order valence-electron chi connectivity index (χ3n) is 1.73. The molecule has 0 aliphatic rings. The molecule has 0 atom stereocenters. The fourth-order valence-corrected chi connectivity index (χ4v) is 1.13. The van der Waals surface area contributed by atoms with E-state index in [0.717, 1.165) is 11.3 Å². The number of nitrogens with zero attached hydrogens (tertiary/aromatic N) is 1. The molecule has 1 rings (SSSR count). The molecule has 0 bridgehead atoms. The van der Waals surface area contributed by atoms with Crippen molar-refractivity contribution in [1.29, 1.82) is 0 Å². The minimum atomic E-state index is 0.735. The average Bonchev–Trinajstić information content (AvgIpc) is 2.14. The van der Waals surface area contributed by atoms with Crippen molar-refractivity contribution in [1.82, 2.24) is 0 Å². The number of benzene rings is 1. The molecule has 2 heteroatoms. The first-order valence-electron chi connectivity index (χ1n) is 4.05. The molecule has 0 N–H and O–H groups in total. The molecule has 0 heterocycles. The number of methoxy groups -OCH3 is 1. The van der Waals surface area contributed by atoms with Gasteiger partial charge in [0, 0.05) is 5.56 Å². The highest BCUT2D eigenvalue weighted by Gasteiger charge is 1.99. The SMILES string of the molecule is C=N/C=C(\OC)c1cccc(C)c1. The van der Waals surface area contributed by atoms with Crippen molar-refractivity contribution in [3.8, 4) is 0 Å². The van der Waals surface area contributed by atoms with E-state index >= 15 is 0 Å². The van der Waals surface area contributed by atoms with Crippen molar-refractivity contribution in [2.75, 3.05) is 7.11 Å². The molecule has 0 aliphatic heterocycles. The summed E-state index contributed by atoms with van der Waals surface area (Å²) in [6.45, 7) is 5.43. The third-order valence-corrected chi connectivity index (χ3v) is 1.73. The predicted octanol–water partition coefficient (Wildman–Crippen LogP) is 2.64. The number of aliphatic imine (C=N–C) groups is 1. The number of hydrogen-bond acceptors (Lipinski definition) is 2. The molecule has 68 valence electrons. The number of hydrogen-bond donors (Lipinski definition) is 0. The maximum atomic E-state index is 5.16. The summed E-state index contributed by atoms with van der Waals surface area (Å²) in [5, 5.41) is 0. The molecular formula is C11H13NO. The summed E-state index contributed by atoms with van der Waals surface area (Å²) in [7, 11) is 1.62. The lowest BCUT2D eigenvalue weighted by atomic mass is 10.1. The van der Waals surface area contributed by atoms with E-state index in [9.17, 15) is 0 Å². The van der Waals surface area contributed by atoms with E-state index in [2.05, 4.69) is 11.7 Å². The van der Waals surface area contributed by atoms with Gasteiger partial charge in [-0.15, -0.1) is 0 Å². The van der Waals surface area contributed by atoms with E-state index < -0.39 is 0 Å². The van der Waals surface area contributed by atoms with E-state index in [1.807, 2.05) is 31.2 Å². The van der Waals surface area contributed by atoms with E-state index in [1.54, 1.807) is 13.3 Å². The summed E-state index contributed by atoms with van der Waals surface area (Å²) in [6, 6.07) is 8.05. The van der Waals surface area contributed by atoms with Crippen molar-refractivity contribution in [3.05, 3.63) is 41.6 Å². The molecule has 0 aliphatic carbocycles. The number of aryl methyl sites for hydroxylation is 1. The zero-order valence-corrected chi connectivity index (χ0v) is 7.95. The molecule has 0 aromatic heterocycles. The lowest BCUT2D eigenvalue weighted by molar-refractivity contribution is 0.369. The molecule has 0 unspecified atom stereocenters. The van der Waals surface area contributed by atoms with Crippen LogP contribution in [0, 0.1) is 6.92 Å². The van der Waals surface area contributed by atoms with Crippen LogP contribution in [0.5, 0.6) is 0 Å². The highest BCUT2D eigenvalue weighted by atomic mass is 16.5. The second-order valence-corrected chi connectivity index (χ2v) is 2.75. The van der Waals surface area contributed by atoms with Crippen LogP contribution in [-0.2, 0) is 4.74 Å². The fourth-order valence-electron chi connectivity index (χ4n) is 1.13. The molecule has 0 amide bonds. The van der Waals surface area contributed by atoms with Gasteiger partial charge >= 0.3 is 0 Å². The summed E-state index contributed by atoms with van der Waals surface area (Å²) in [5.74, 6) is 0.735. The molecule has 2 nitrogen and oxygen atoms in total. The molecule has 0 fully saturated rings. The van der Waals surface area contributed by atoms with Gasteiger partial charge in [-0.2, -0.15) is 0 Å². The maximum absolute atomic E-state index is 5.16. The van der Waals surface area contributed by atoms with Crippen LogP contribution in [0.4, 0.5) is 0 Å². The summed E-state index contributed by atoms with van der Waals surface area (Å²) < 4.78 is 5.16. The molecule has 0 spiro atoms. The highest BCUT2D eigenvalue weighted by Crippen LogP contribution is 2.15. The number of ether oxygens (including phenoxy) is 1. The van der Waals surface area contributed by atoms with Crippen LogP contribution < -0.4 is 0 Å². The zero-order valence-electron chi connectivity index (χ0n) is 7.95. The van der Waals surface area contributed by atoms with Gasteiger partial charge in [-0.3, -0.25) is 4.99 Å². The van der Waals surface area contributed by atoms with Gasteiger partial charge in [0.2, 0.25) is 0 Å². The highest BCUT2D eigenvalue weighted by molar-refractivity contribution is 5.60. The largest absolute Gasteiger partial charge is 0.495 e. The second kappa shape index (κ2) is 4.45. The quantitative estimate of drug-likeness (QED) is 0.511. The smallest absolute Gasteiger partial charge is 0.144 e. The Kier molecular flexibility index (Phi) is 3.26. The number of rotatable bonds is 3. The van der Waals surface area contributed by atoms with Crippen LogP contribution >= 0.6 is 0 Å². The van der Waals surface area contributed by atoms with Crippen LogP contribution in [0.3, 0.4) is 0 Å². The third kappa shape index (κ3) is 2.44. The molecule has 1 aromatic rings. The van der Waals surface area contributed by atoms with E-state index in [4.69, 9.17) is 4.74 Å². The van der Waals surface area contributed by atoms with Gasteiger partial charge in [0.1, 0.15) is 5.76 Å². The van der Waals surface area contributed by atoms with Gasteiger partial charge in [0.05, 0.1) is 13.3 Å². The fraction of sp³-hybridized carbons (Fsp3) is 0.182. The minimum absolute atomic E-state index is 0.735. The summed E-state index contributed by atoms with van der Waals surface area (Å²) in [4.78, 5) is 3.68. The van der Waals surface area contributed by atoms with Crippen molar-refractivity contribution in [3.63, 3.8) is 0 Å². The van der Waals surface area contributed by atoms with Gasteiger partial charge in [-0.25, -0.2) is 0 Å². The van der Waals surface area contributed by atoms with E-state index in [0.29, 0.717) is 0 Å². The van der Waals surface area contributed by atoms with Crippen molar-refractivity contribution >= 4 is 12.5 Å². The van der Waals surface area contributed by atoms with Gasteiger partial charge < -0.3 is 4.74 Å². The molecule has 1 aromatic carbocycles. The predicted molar refractivity (Wildman–Crippen MR) is 55.7 cm³/mol. The van der Waals surface area contributed by atoms with Crippen LogP contribution in [0.15, 0.2) is 35.5 Å². The monoisotopic (exact) mass is 175 g/mol. The van der Waals surface area contributed by atoms with Crippen molar-refractivity contribution in [2.45, 2.75) is 6.92 Å². The first kappa shape index (κ1) is 9.52. The Labute approximate surface area is 78.6 Å². The first-order valence-corrected chi connectivity index (χ1v) is 4.05. The van der Waals surface area contributed by atoms with Crippen molar-refractivity contribution in [2.24, 2.45) is 4.99 Å². The lowest BCUT2D eigenvalue weighted by Gasteiger charge is -2.05. The van der Waals surface area contributed by atoms with Gasteiger partial charge in [-0.1, -0.05) is 23.8 Å². The zero-order chi connectivity index (χ0) is 9.68. The van der Waals surface area contributed by atoms with E-state index in [-0.39, 0.29) is 0 Å². The minimum Gasteiger partial charge on any atom is -0.495 e. The van der Waals surface area contributed by atoms with Gasteiger partial charge in [0.25, 0.3) is 0 Å².